The normalized spacial score (nSPS) is 10.1. The summed E-state index contributed by atoms with van der Waals surface area (Å²) in [6.07, 6.45) is -0.133. The van der Waals surface area contributed by atoms with E-state index in [4.69, 9.17) is 5.11 Å². The molecule has 0 aliphatic carbocycles. The number of carboxylic acids is 1. The molecule has 0 saturated carbocycles. The van der Waals surface area contributed by atoms with E-state index < -0.39 is 18.0 Å². The number of aliphatic carboxylic acids is 1. The van der Waals surface area contributed by atoms with Crippen LogP contribution in [0.4, 0.5) is 4.79 Å². The highest BCUT2D eigenvalue weighted by atomic mass is 16.5. The summed E-state index contributed by atoms with van der Waals surface area (Å²) in [5.74, 6) is -1.48. The van der Waals surface area contributed by atoms with Gasteiger partial charge in [0.25, 0.3) is 0 Å². The lowest BCUT2D eigenvalue weighted by molar-refractivity contribution is -0.142. The van der Waals surface area contributed by atoms with Crippen LogP contribution in [0.1, 0.15) is 20.3 Å². The summed E-state index contributed by atoms with van der Waals surface area (Å²) in [5.41, 5.74) is 0. The van der Waals surface area contributed by atoms with Crippen LogP contribution in [0.15, 0.2) is 0 Å². The molecule has 0 aromatic rings. The Bertz CT molecular complexity index is 317. The Morgan fingerprint density at radius 1 is 1.28 bits per heavy atom. The molecule has 0 aromatic heterocycles. The molecule has 1 N–H and O–H groups in total. The average molecular weight is 260 g/mol. The van der Waals surface area contributed by atoms with Crippen molar-refractivity contribution in [3.05, 3.63) is 0 Å². The summed E-state index contributed by atoms with van der Waals surface area (Å²) >= 11 is 0. The largest absolute Gasteiger partial charge is 0.481 e. The maximum absolute atomic E-state index is 12.0. The summed E-state index contributed by atoms with van der Waals surface area (Å²) in [6.45, 7) is 3.49. The van der Waals surface area contributed by atoms with Crippen LogP contribution in [-0.2, 0) is 14.3 Å². The third-order valence-corrected chi connectivity index (χ3v) is 2.38. The third kappa shape index (κ3) is 5.51. The average Bonchev–Trinajstić information content (AvgIpc) is 2.31. The van der Waals surface area contributed by atoms with Crippen molar-refractivity contribution in [2.45, 2.75) is 26.3 Å². The van der Waals surface area contributed by atoms with Crippen molar-refractivity contribution in [3.8, 4) is 0 Å². The number of nitrogens with zero attached hydrogens (tertiary/aromatic N) is 2. The van der Waals surface area contributed by atoms with Gasteiger partial charge < -0.3 is 19.6 Å². The first kappa shape index (κ1) is 16.2. The molecule has 104 valence electrons. The van der Waals surface area contributed by atoms with Crippen LogP contribution in [0, 0.1) is 0 Å². The number of carbonyl (C=O) groups is 3. The molecule has 0 fully saturated rings. The van der Waals surface area contributed by atoms with Gasteiger partial charge >= 0.3 is 18.0 Å². The van der Waals surface area contributed by atoms with E-state index in [-0.39, 0.29) is 25.6 Å². The lowest BCUT2D eigenvalue weighted by atomic mass is 10.3. The van der Waals surface area contributed by atoms with E-state index in [9.17, 15) is 14.4 Å². The fraction of sp³-hybridized carbons (Fsp3) is 0.727. The molecule has 18 heavy (non-hydrogen) atoms. The standard InChI is InChI=1S/C11H20N2O5/c1-8(2)13(7-10(16)18-4)11(17)12(3)6-5-9(14)15/h8H,5-7H2,1-4H3,(H,14,15). The zero-order valence-corrected chi connectivity index (χ0v) is 11.2. The second kappa shape index (κ2) is 7.52. The summed E-state index contributed by atoms with van der Waals surface area (Å²) in [7, 11) is 2.75. The molecule has 0 radical (unpaired) electrons. The van der Waals surface area contributed by atoms with Gasteiger partial charge in [-0.2, -0.15) is 0 Å². The molecule has 0 aromatic carbocycles. The van der Waals surface area contributed by atoms with Crippen LogP contribution in [0.25, 0.3) is 0 Å². The van der Waals surface area contributed by atoms with Gasteiger partial charge in [-0.15, -0.1) is 0 Å². The Morgan fingerprint density at radius 3 is 2.22 bits per heavy atom. The van der Waals surface area contributed by atoms with Crippen LogP contribution in [0.3, 0.4) is 0 Å². The van der Waals surface area contributed by atoms with Gasteiger partial charge in [-0.05, 0) is 13.8 Å². The van der Waals surface area contributed by atoms with E-state index in [1.165, 1.54) is 24.0 Å². The molecule has 0 atom stereocenters. The zero-order valence-electron chi connectivity index (χ0n) is 11.2. The van der Waals surface area contributed by atoms with E-state index in [0.29, 0.717) is 0 Å². The zero-order chi connectivity index (χ0) is 14.3. The number of ether oxygens (including phenoxy) is 1. The predicted molar refractivity (Wildman–Crippen MR) is 64.1 cm³/mol. The van der Waals surface area contributed by atoms with Crippen LogP contribution < -0.4 is 0 Å². The summed E-state index contributed by atoms with van der Waals surface area (Å²) in [4.78, 5) is 36.2. The Hall–Kier alpha value is -1.79. The highest BCUT2D eigenvalue weighted by Crippen LogP contribution is 2.04. The topological polar surface area (TPSA) is 87.2 Å². The van der Waals surface area contributed by atoms with E-state index >= 15 is 0 Å². The van der Waals surface area contributed by atoms with Gasteiger partial charge in [0.05, 0.1) is 13.5 Å². The minimum Gasteiger partial charge on any atom is -0.481 e. The second-order valence-electron chi connectivity index (χ2n) is 4.15. The lowest BCUT2D eigenvalue weighted by Crippen LogP contribution is -2.47. The molecule has 0 heterocycles. The number of esters is 1. The Labute approximate surface area is 106 Å². The summed E-state index contributed by atoms with van der Waals surface area (Å²) in [5, 5.41) is 8.55. The van der Waals surface area contributed by atoms with Crippen LogP contribution in [0.5, 0.6) is 0 Å². The number of carboxylic acid groups (broad SMARTS) is 1. The first-order valence-electron chi connectivity index (χ1n) is 5.60. The van der Waals surface area contributed by atoms with Crippen LogP contribution in [0.2, 0.25) is 0 Å². The number of carbonyl (C=O) groups excluding carboxylic acids is 2. The van der Waals surface area contributed by atoms with Gasteiger partial charge in [-0.25, -0.2) is 4.79 Å². The quantitative estimate of drug-likeness (QED) is 0.698. The van der Waals surface area contributed by atoms with Gasteiger partial charge in [0, 0.05) is 19.6 Å². The third-order valence-electron chi connectivity index (χ3n) is 2.38. The molecule has 0 saturated heterocycles. The number of rotatable bonds is 6. The van der Waals surface area contributed by atoms with Gasteiger partial charge in [-0.1, -0.05) is 0 Å². The molecule has 0 bridgehead atoms. The first-order valence-corrected chi connectivity index (χ1v) is 5.60. The fourth-order valence-corrected chi connectivity index (χ4v) is 1.25. The molecule has 2 amide bonds. The summed E-state index contributed by atoms with van der Waals surface area (Å²) < 4.78 is 4.51. The molecule has 7 heteroatoms. The minimum atomic E-state index is -0.973. The Morgan fingerprint density at radius 2 is 1.83 bits per heavy atom. The van der Waals surface area contributed by atoms with Gasteiger partial charge in [0.15, 0.2) is 0 Å². The highest BCUT2D eigenvalue weighted by molar-refractivity contribution is 5.81. The van der Waals surface area contributed by atoms with Crippen molar-refractivity contribution in [2.24, 2.45) is 0 Å². The van der Waals surface area contributed by atoms with Gasteiger partial charge in [0.1, 0.15) is 6.54 Å². The fourth-order valence-electron chi connectivity index (χ4n) is 1.25. The maximum Gasteiger partial charge on any atom is 0.325 e. The van der Waals surface area contributed by atoms with Crippen molar-refractivity contribution in [1.82, 2.24) is 9.80 Å². The van der Waals surface area contributed by atoms with Crippen molar-refractivity contribution in [2.75, 3.05) is 27.2 Å². The van der Waals surface area contributed by atoms with Crippen LogP contribution in [-0.4, -0.2) is 66.2 Å². The molecule has 0 spiro atoms. The Balaban J connectivity index is 4.55. The monoisotopic (exact) mass is 260 g/mol. The number of amides is 2. The maximum atomic E-state index is 12.0. The number of hydrogen-bond donors (Lipinski definition) is 1. The predicted octanol–water partition coefficient (Wildman–Crippen LogP) is 0.396. The van der Waals surface area contributed by atoms with E-state index in [1.54, 1.807) is 13.8 Å². The van der Waals surface area contributed by atoms with Crippen LogP contribution >= 0.6 is 0 Å². The highest BCUT2D eigenvalue weighted by Gasteiger charge is 2.23. The number of methoxy groups -OCH3 is 1. The Kier molecular flexibility index (Phi) is 6.77. The molecule has 0 aliphatic heterocycles. The molecule has 0 aliphatic rings. The number of hydrogen-bond acceptors (Lipinski definition) is 4. The second-order valence-corrected chi connectivity index (χ2v) is 4.15. The van der Waals surface area contributed by atoms with Crippen molar-refractivity contribution < 1.29 is 24.2 Å². The molecule has 0 unspecified atom stereocenters. The summed E-state index contributed by atoms with van der Waals surface area (Å²) in [6, 6.07) is -0.569. The molecular weight excluding hydrogens is 240 g/mol. The van der Waals surface area contributed by atoms with Crippen molar-refractivity contribution in [3.63, 3.8) is 0 Å². The lowest BCUT2D eigenvalue weighted by Gasteiger charge is -2.30. The molecule has 7 nitrogen and oxygen atoms in total. The van der Waals surface area contributed by atoms with E-state index in [0.717, 1.165) is 0 Å². The first-order chi connectivity index (χ1) is 8.29. The van der Waals surface area contributed by atoms with Crippen molar-refractivity contribution >= 4 is 18.0 Å². The van der Waals surface area contributed by atoms with Gasteiger partial charge in [0.2, 0.25) is 0 Å². The molecular formula is C11H20N2O5. The minimum absolute atomic E-state index is 0.0958. The van der Waals surface area contributed by atoms with Crippen molar-refractivity contribution in [1.29, 1.82) is 0 Å². The number of urea groups is 1. The van der Waals surface area contributed by atoms with E-state index in [1.807, 2.05) is 0 Å². The van der Waals surface area contributed by atoms with E-state index in [2.05, 4.69) is 4.74 Å². The smallest absolute Gasteiger partial charge is 0.325 e. The van der Waals surface area contributed by atoms with Gasteiger partial charge in [-0.3, -0.25) is 9.59 Å². The SMILES string of the molecule is COC(=O)CN(C(=O)N(C)CCC(=O)O)C(C)C. The molecule has 0 rings (SSSR count).